The normalized spacial score (nSPS) is 22.3. The molecule has 0 aliphatic carbocycles. The predicted octanol–water partition coefficient (Wildman–Crippen LogP) is 3.35. The molecule has 1 aliphatic heterocycles. The standard InChI is InChI=1S/C14H17BrClNO2/c1-14(2)9-17(8-10(7-15)19-14)13(18)11-5-3-4-6-12(11)16/h3-6,10H,7-9H2,1-2H3. The Kier molecular flexibility index (Phi) is 4.54. The van der Waals surface area contributed by atoms with E-state index in [9.17, 15) is 4.79 Å². The molecule has 1 heterocycles. The highest BCUT2D eigenvalue weighted by molar-refractivity contribution is 9.09. The summed E-state index contributed by atoms with van der Waals surface area (Å²) in [5.41, 5.74) is 0.211. The van der Waals surface area contributed by atoms with Crippen molar-refractivity contribution in [2.24, 2.45) is 0 Å². The quantitative estimate of drug-likeness (QED) is 0.769. The average Bonchev–Trinajstić information content (AvgIpc) is 2.36. The highest BCUT2D eigenvalue weighted by Gasteiger charge is 2.35. The molecule has 1 aromatic rings. The first-order valence-corrected chi connectivity index (χ1v) is 7.70. The molecular weight excluding hydrogens is 330 g/mol. The summed E-state index contributed by atoms with van der Waals surface area (Å²) in [7, 11) is 0. The van der Waals surface area contributed by atoms with Crippen LogP contribution in [0.3, 0.4) is 0 Å². The second kappa shape index (κ2) is 5.81. The number of rotatable bonds is 2. The molecule has 1 amide bonds. The van der Waals surface area contributed by atoms with Crippen molar-refractivity contribution >= 4 is 33.4 Å². The van der Waals surface area contributed by atoms with Gasteiger partial charge in [0.15, 0.2) is 0 Å². The maximum absolute atomic E-state index is 12.5. The Bertz CT molecular complexity index is 478. The van der Waals surface area contributed by atoms with Gasteiger partial charge in [-0.2, -0.15) is 0 Å². The van der Waals surface area contributed by atoms with Crippen molar-refractivity contribution < 1.29 is 9.53 Å². The molecular formula is C14H17BrClNO2. The lowest BCUT2D eigenvalue weighted by Gasteiger charge is -2.42. The Morgan fingerprint density at radius 3 is 2.84 bits per heavy atom. The SMILES string of the molecule is CC1(C)CN(C(=O)c2ccccc2Cl)CC(CBr)O1. The van der Waals surface area contributed by atoms with Crippen LogP contribution >= 0.6 is 27.5 Å². The lowest BCUT2D eigenvalue weighted by Crippen LogP contribution is -2.55. The van der Waals surface area contributed by atoms with Crippen LogP contribution in [0, 0.1) is 0 Å². The number of alkyl halides is 1. The molecule has 104 valence electrons. The van der Waals surface area contributed by atoms with Gasteiger partial charge in [-0.25, -0.2) is 0 Å². The first-order valence-electron chi connectivity index (χ1n) is 6.20. The molecule has 0 spiro atoms. The van der Waals surface area contributed by atoms with E-state index in [4.69, 9.17) is 16.3 Å². The highest BCUT2D eigenvalue weighted by atomic mass is 79.9. The minimum Gasteiger partial charge on any atom is -0.368 e. The Balaban J connectivity index is 2.21. The number of hydrogen-bond donors (Lipinski definition) is 0. The predicted molar refractivity (Wildman–Crippen MR) is 80.1 cm³/mol. The summed E-state index contributed by atoms with van der Waals surface area (Å²) in [5.74, 6) is -0.0343. The molecule has 1 aromatic carbocycles. The van der Waals surface area contributed by atoms with E-state index in [-0.39, 0.29) is 17.6 Å². The lowest BCUT2D eigenvalue weighted by atomic mass is 10.0. The van der Waals surface area contributed by atoms with Crippen LogP contribution in [0.4, 0.5) is 0 Å². The molecule has 19 heavy (non-hydrogen) atoms. The van der Waals surface area contributed by atoms with E-state index in [1.165, 1.54) is 0 Å². The summed E-state index contributed by atoms with van der Waals surface area (Å²) in [6.07, 6.45) is 0.00943. The zero-order valence-corrected chi connectivity index (χ0v) is 13.4. The molecule has 1 aliphatic rings. The average molecular weight is 347 g/mol. The molecule has 0 aromatic heterocycles. The third kappa shape index (κ3) is 3.50. The van der Waals surface area contributed by atoms with Crippen molar-refractivity contribution in [3.8, 4) is 0 Å². The zero-order valence-electron chi connectivity index (χ0n) is 11.0. The van der Waals surface area contributed by atoms with E-state index in [0.717, 1.165) is 0 Å². The number of hydrogen-bond acceptors (Lipinski definition) is 2. The summed E-state index contributed by atoms with van der Waals surface area (Å²) in [4.78, 5) is 14.4. The molecule has 0 bridgehead atoms. The van der Waals surface area contributed by atoms with Crippen LogP contribution < -0.4 is 0 Å². The molecule has 1 unspecified atom stereocenters. The Labute approximate surface area is 127 Å². The summed E-state index contributed by atoms with van der Waals surface area (Å²) < 4.78 is 5.90. The topological polar surface area (TPSA) is 29.5 Å². The maximum Gasteiger partial charge on any atom is 0.255 e. The molecule has 0 saturated carbocycles. The van der Waals surface area contributed by atoms with Gasteiger partial charge in [0.2, 0.25) is 0 Å². The smallest absolute Gasteiger partial charge is 0.255 e. The van der Waals surface area contributed by atoms with Gasteiger partial charge in [-0.3, -0.25) is 4.79 Å². The minimum absolute atomic E-state index is 0.00943. The molecule has 3 nitrogen and oxygen atoms in total. The number of benzene rings is 1. The fraction of sp³-hybridized carbons (Fsp3) is 0.500. The van der Waals surface area contributed by atoms with Crippen LogP contribution in [0.1, 0.15) is 24.2 Å². The number of nitrogens with zero attached hydrogens (tertiary/aromatic N) is 1. The van der Waals surface area contributed by atoms with Gasteiger partial charge in [0.05, 0.1) is 22.3 Å². The molecule has 1 saturated heterocycles. The van der Waals surface area contributed by atoms with Crippen molar-refractivity contribution in [1.82, 2.24) is 4.90 Å². The molecule has 5 heteroatoms. The third-order valence-corrected chi connectivity index (χ3v) is 4.10. The number of morpholine rings is 1. The van der Waals surface area contributed by atoms with Crippen LogP contribution in [-0.2, 0) is 4.74 Å². The van der Waals surface area contributed by atoms with Crippen molar-refractivity contribution in [3.05, 3.63) is 34.9 Å². The van der Waals surface area contributed by atoms with Crippen LogP contribution in [0.2, 0.25) is 5.02 Å². The van der Waals surface area contributed by atoms with Crippen molar-refractivity contribution in [2.45, 2.75) is 25.6 Å². The van der Waals surface area contributed by atoms with E-state index in [2.05, 4.69) is 15.9 Å². The molecule has 1 fully saturated rings. The largest absolute Gasteiger partial charge is 0.368 e. The van der Waals surface area contributed by atoms with Gasteiger partial charge in [0, 0.05) is 18.4 Å². The van der Waals surface area contributed by atoms with E-state index in [1.807, 2.05) is 30.9 Å². The minimum atomic E-state index is -0.340. The van der Waals surface area contributed by atoms with Crippen LogP contribution in [-0.4, -0.2) is 40.9 Å². The van der Waals surface area contributed by atoms with Gasteiger partial charge in [-0.1, -0.05) is 39.7 Å². The van der Waals surface area contributed by atoms with E-state index in [0.29, 0.717) is 29.0 Å². The maximum atomic E-state index is 12.5. The summed E-state index contributed by atoms with van der Waals surface area (Å²) in [5, 5.41) is 1.20. The Morgan fingerprint density at radius 2 is 2.21 bits per heavy atom. The molecule has 2 rings (SSSR count). The van der Waals surface area contributed by atoms with Crippen molar-refractivity contribution in [1.29, 1.82) is 0 Å². The monoisotopic (exact) mass is 345 g/mol. The molecule has 0 radical (unpaired) electrons. The van der Waals surface area contributed by atoms with Crippen LogP contribution in [0.25, 0.3) is 0 Å². The Morgan fingerprint density at radius 1 is 1.53 bits per heavy atom. The Hall–Kier alpha value is -0.580. The summed E-state index contributed by atoms with van der Waals surface area (Å²) >= 11 is 9.51. The molecule has 0 N–H and O–H groups in total. The van der Waals surface area contributed by atoms with Gasteiger partial charge >= 0.3 is 0 Å². The first kappa shape index (κ1) is 14.8. The van der Waals surface area contributed by atoms with E-state index < -0.39 is 0 Å². The van der Waals surface area contributed by atoms with Crippen molar-refractivity contribution in [3.63, 3.8) is 0 Å². The van der Waals surface area contributed by atoms with Crippen LogP contribution in [0.5, 0.6) is 0 Å². The lowest BCUT2D eigenvalue weighted by molar-refractivity contribution is -0.116. The highest BCUT2D eigenvalue weighted by Crippen LogP contribution is 2.25. The van der Waals surface area contributed by atoms with E-state index in [1.54, 1.807) is 12.1 Å². The first-order chi connectivity index (χ1) is 8.93. The van der Waals surface area contributed by atoms with Gasteiger partial charge in [0.25, 0.3) is 5.91 Å². The zero-order chi connectivity index (χ0) is 14.0. The van der Waals surface area contributed by atoms with Gasteiger partial charge < -0.3 is 9.64 Å². The van der Waals surface area contributed by atoms with Gasteiger partial charge in [-0.05, 0) is 26.0 Å². The number of amides is 1. The third-order valence-electron chi connectivity index (χ3n) is 3.04. The number of carbonyl (C=O) groups is 1. The fourth-order valence-corrected chi connectivity index (χ4v) is 2.89. The second-order valence-corrected chi connectivity index (χ2v) is 6.37. The summed E-state index contributed by atoms with van der Waals surface area (Å²) in [6.45, 7) is 5.14. The van der Waals surface area contributed by atoms with Gasteiger partial charge in [0.1, 0.15) is 0 Å². The van der Waals surface area contributed by atoms with Crippen LogP contribution in [0.15, 0.2) is 24.3 Å². The van der Waals surface area contributed by atoms with Crippen molar-refractivity contribution in [2.75, 3.05) is 18.4 Å². The number of halogens is 2. The molecule has 1 atom stereocenters. The van der Waals surface area contributed by atoms with Gasteiger partial charge in [-0.15, -0.1) is 0 Å². The summed E-state index contributed by atoms with van der Waals surface area (Å²) in [6, 6.07) is 7.15. The number of carbonyl (C=O) groups excluding carboxylic acids is 1. The number of ether oxygens (including phenoxy) is 1. The fourth-order valence-electron chi connectivity index (χ4n) is 2.34. The van der Waals surface area contributed by atoms with E-state index >= 15 is 0 Å². The second-order valence-electron chi connectivity index (χ2n) is 5.32.